The highest BCUT2D eigenvalue weighted by Gasteiger charge is 2.23. The molecule has 0 heterocycles. The normalized spacial score (nSPS) is 11.0. The molecule has 150 valence electrons. The summed E-state index contributed by atoms with van der Waals surface area (Å²) in [6, 6.07) is 18.7. The van der Waals surface area contributed by atoms with Gasteiger partial charge < -0.3 is 16.4 Å². The van der Waals surface area contributed by atoms with E-state index in [1.807, 2.05) is 74.5 Å². The lowest BCUT2D eigenvalue weighted by molar-refractivity contribution is -0.124. The van der Waals surface area contributed by atoms with Crippen molar-refractivity contribution in [3.63, 3.8) is 0 Å². The smallest absolute Gasteiger partial charge is 0.243 e. The Bertz CT molecular complexity index is 705. The summed E-state index contributed by atoms with van der Waals surface area (Å²) in [6.45, 7) is 9.57. The molecule has 0 aliphatic heterocycles. The molecule has 0 aliphatic rings. The van der Waals surface area contributed by atoms with Gasteiger partial charge in [0.15, 0.2) is 0 Å². The molecule has 5 nitrogen and oxygen atoms in total. The zero-order valence-corrected chi connectivity index (χ0v) is 16.9. The van der Waals surface area contributed by atoms with Crippen LogP contribution in [0, 0.1) is 0 Å². The minimum atomic E-state index is -0.574. The largest absolute Gasteiger partial charge is 0.378 e. The number of benzene rings is 2. The fourth-order valence-electron chi connectivity index (χ4n) is 2.75. The third kappa shape index (κ3) is 7.66. The minimum Gasteiger partial charge on any atom is -0.378 e. The number of rotatable bonds is 9. The number of carbonyl (C=O) groups is 2. The van der Waals surface area contributed by atoms with Crippen LogP contribution in [0.15, 0.2) is 72.9 Å². The first-order chi connectivity index (χ1) is 13.5. The van der Waals surface area contributed by atoms with Crippen molar-refractivity contribution in [2.45, 2.75) is 45.7 Å². The van der Waals surface area contributed by atoms with Crippen molar-refractivity contribution in [3.8, 4) is 0 Å². The van der Waals surface area contributed by atoms with Crippen LogP contribution in [-0.2, 0) is 9.59 Å². The molecule has 0 bridgehead atoms. The van der Waals surface area contributed by atoms with E-state index < -0.39 is 11.9 Å². The van der Waals surface area contributed by atoms with Gasteiger partial charge in [-0.15, -0.1) is 0 Å². The molecular weight excluding hydrogens is 350 g/mol. The van der Waals surface area contributed by atoms with Gasteiger partial charge in [-0.2, -0.15) is 0 Å². The van der Waals surface area contributed by atoms with Crippen LogP contribution in [0.4, 0.5) is 0 Å². The van der Waals surface area contributed by atoms with Crippen molar-refractivity contribution in [1.82, 2.24) is 10.6 Å². The Hall–Kier alpha value is -3.08. The van der Waals surface area contributed by atoms with Gasteiger partial charge in [0.25, 0.3) is 0 Å². The maximum absolute atomic E-state index is 12.9. The predicted octanol–water partition coefficient (Wildman–Crippen LogP) is 3.68. The summed E-state index contributed by atoms with van der Waals surface area (Å²) >= 11 is 0. The molecule has 28 heavy (non-hydrogen) atoms. The van der Waals surface area contributed by atoms with E-state index >= 15 is 0 Å². The van der Waals surface area contributed by atoms with Crippen LogP contribution in [0.3, 0.4) is 0 Å². The van der Waals surface area contributed by atoms with Gasteiger partial charge in [0.1, 0.15) is 6.04 Å². The van der Waals surface area contributed by atoms with Crippen molar-refractivity contribution in [3.05, 3.63) is 84.1 Å². The number of carbonyl (C=O) groups excluding carboxylic acids is 2. The summed E-state index contributed by atoms with van der Waals surface area (Å²) in [7, 11) is 0. The molecule has 2 rings (SSSR count). The van der Waals surface area contributed by atoms with Crippen molar-refractivity contribution in [2.24, 2.45) is 5.73 Å². The number of hydrogen-bond donors (Lipinski definition) is 3. The molecule has 0 saturated heterocycles. The molecule has 2 amide bonds. The molecule has 0 fully saturated rings. The molecule has 5 heteroatoms. The van der Waals surface area contributed by atoms with Gasteiger partial charge in [-0.25, -0.2) is 0 Å². The highest BCUT2D eigenvalue weighted by atomic mass is 16.2. The van der Waals surface area contributed by atoms with E-state index in [1.54, 1.807) is 6.92 Å². The number of hydrogen-bond acceptors (Lipinski definition) is 3. The Morgan fingerprint density at radius 3 is 1.79 bits per heavy atom. The number of nitrogens with two attached hydrogens (primary N) is 1. The van der Waals surface area contributed by atoms with E-state index in [0.29, 0.717) is 12.1 Å². The number of amides is 2. The molecule has 0 spiro atoms. The predicted molar refractivity (Wildman–Crippen MR) is 114 cm³/mol. The molecule has 0 aromatic heterocycles. The molecular formula is C23H31N3O2. The van der Waals surface area contributed by atoms with Gasteiger partial charge in [-0.05, 0) is 24.5 Å². The van der Waals surface area contributed by atoms with Crippen LogP contribution in [0.5, 0.6) is 0 Å². The van der Waals surface area contributed by atoms with E-state index in [-0.39, 0.29) is 18.4 Å². The molecule has 0 aliphatic carbocycles. The van der Waals surface area contributed by atoms with Crippen LogP contribution in [-0.4, -0.2) is 17.9 Å². The highest BCUT2D eigenvalue weighted by Crippen LogP contribution is 2.22. The molecule has 2 aromatic carbocycles. The van der Waals surface area contributed by atoms with Gasteiger partial charge in [0, 0.05) is 12.1 Å². The standard InChI is InChI=1S/C21H25N3O2.C2H6/c1-15(2)23-18(13-14-19(22)25)21(26)24-20(16-9-5-3-6-10-16)17-11-7-4-8-12-17;1-2/h3-12,18,20,23H,1,13-14H2,2H3,(H2,22,25)(H,24,26);1-2H3. The number of primary amides is 1. The summed E-state index contributed by atoms with van der Waals surface area (Å²) in [5, 5.41) is 6.11. The van der Waals surface area contributed by atoms with Crippen molar-refractivity contribution < 1.29 is 9.59 Å². The van der Waals surface area contributed by atoms with Crippen LogP contribution in [0.1, 0.15) is 50.8 Å². The van der Waals surface area contributed by atoms with E-state index in [2.05, 4.69) is 17.2 Å². The second kappa shape index (κ2) is 12.3. The molecule has 1 atom stereocenters. The van der Waals surface area contributed by atoms with Crippen LogP contribution in [0.25, 0.3) is 0 Å². The lowest BCUT2D eigenvalue weighted by Crippen LogP contribution is -2.45. The molecule has 0 radical (unpaired) electrons. The lowest BCUT2D eigenvalue weighted by Gasteiger charge is -2.24. The summed E-state index contributed by atoms with van der Waals surface area (Å²) in [6.07, 6.45) is 0.435. The van der Waals surface area contributed by atoms with Gasteiger partial charge in [-0.1, -0.05) is 81.1 Å². The highest BCUT2D eigenvalue weighted by molar-refractivity contribution is 5.84. The SMILES string of the molecule is C=C(C)NC(CCC(N)=O)C(=O)NC(c1ccccc1)c1ccccc1.CC. The van der Waals surface area contributed by atoms with Gasteiger partial charge in [0.05, 0.1) is 6.04 Å². The Morgan fingerprint density at radius 2 is 1.39 bits per heavy atom. The Balaban J connectivity index is 0.00000190. The van der Waals surface area contributed by atoms with Crippen molar-refractivity contribution in [1.29, 1.82) is 0 Å². The number of allylic oxidation sites excluding steroid dienone is 1. The summed E-state index contributed by atoms with van der Waals surface area (Å²) in [5.41, 5.74) is 7.86. The maximum Gasteiger partial charge on any atom is 0.243 e. The monoisotopic (exact) mass is 381 g/mol. The second-order valence-electron chi connectivity index (χ2n) is 6.25. The Morgan fingerprint density at radius 1 is 0.929 bits per heavy atom. The molecule has 2 aromatic rings. The fraction of sp³-hybridized carbons (Fsp3) is 0.304. The Kier molecular flexibility index (Phi) is 10.1. The first-order valence-corrected chi connectivity index (χ1v) is 9.58. The van der Waals surface area contributed by atoms with Gasteiger partial charge in [-0.3, -0.25) is 9.59 Å². The lowest BCUT2D eigenvalue weighted by atomic mass is 9.98. The van der Waals surface area contributed by atoms with Crippen LogP contribution >= 0.6 is 0 Å². The Labute approximate surface area is 168 Å². The van der Waals surface area contributed by atoms with Gasteiger partial charge >= 0.3 is 0 Å². The molecule has 4 N–H and O–H groups in total. The van der Waals surface area contributed by atoms with E-state index in [4.69, 9.17) is 5.73 Å². The topological polar surface area (TPSA) is 84.2 Å². The maximum atomic E-state index is 12.9. The average Bonchev–Trinajstić information content (AvgIpc) is 2.71. The fourth-order valence-corrected chi connectivity index (χ4v) is 2.75. The summed E-state index contributed by atoms with van der Waals surface area (Å²) in [4.78, 5) is 24.0. The van der Waals surface area contributed by atoms with Crippen molar-refractivity contribution in [2.75, 3.05) is 0 Å². The summed E-state index contributed by atoms with van der Waals surface area (Å²) in [5.74, 6) is -0.638. The third-order valence-electron chi connectivity index (χ3n) is 3.97. The first kappa shape index (κ1) is 23.0. The third-order valence-corrected chi connectivity index (χ3v) is 3.97. The van der Waals surface area contributed by atoms with Gasteiger partial charge in [0.2, 0.25) is 11.8 Å². The van der Waals surface area contributed by atoms with E-state index in [9.17, 15) is 9.59 Å². The zero-order chi connectivity index (χ0) is 20.9. The minimum absolute atomic E-state index is 0.125. The molecule has 1 unspecified atom stereocenters. The first-order valence-electron chi connectivity index (χ1n) is 9.58. The second-order valence-corrected chi connectivity index (χ2v) is 6.25. The zero-order valence-electron chi connectivity index (χ0n) is 16.9. The van der Waals surface area contributed by atoms with Crippen molar-refractivity contribution >= 4 is 11.8 Å². The summed E-state index contributed by atoms with van der Waals surface area (Å²) < 4.78 is 0. The van der Waals surface area contributed by atoms with E-state index in [0.717, 1.165) is 11.1 Å². The molecule has 0 saturated carbocycles. The van der Waals surface area contributed by atoms with Crippen LogP contribution in [0.2, 0.25) is 0 Å². The average molecular weight is 382 g/mol. The van der Waals surface area contributed by atoms with Crippen LogP contribution < -0.4 is 16.4 Å². The quantitative estimate of drug-likeness (QED) is 0.619. The number of nitrogens with one attached hydrogen (secondary N) is 2. The van der Waals surface area contributed by atoms with E-state index in [1.165, 1.54) is 0 Å².